The monoisotopic (exact) mass is 312 g/mol. The van der Waals surface area contributed by atoms with Gasteiger partial charge in [0.05, 0.1) is 23.4 Å². The third kappa shape index (κ3) is 1.59. The molecule has 0 aliphatic heterocycles. The molecule has 72 valence electrons. The first-order valence-electron chi connectivity index (χ1n) is 4.08. The average Bonchev–Trinajstić information content (AvgIpc) is 2.79. The second-order valence-corrected chi connectivity index (χ2v) is 4.78. The van der Waals surface area contributed by atoms with Gasteiger partial charge in [-0.2, -0.15) is 5.10 Å². The Hall–Kier alpha value is 0.190. The van der Waals surface area contributed by atoms with Crippen LogP contribution in [0.25, 0.3) is 0 Å². The molecule has 0 unspecified atom stereocenters. The summed E-state index contributed by atoms with van der Waals surface area (Å²) in [5, 5.41) is 4.99. The number of methoxy groups -OCH3 is 1. The number of halogens is 2. The van der Waals surface area contributed by atoms with E-state index in [2.05, 4.69) is 27.7 Å². The molecule has 1 fully saturated rings. The lowest BCUT2D eigenvalue weighted by atomic mass is 10.3. The Labute approximate surface area is 95.5 Å². The SMILES string of the molecule is COCC1(n2ncc(Cl)c2I)CC1. The highest BCUT2D eigenvalue weighted by atomic mass is 127. The van der Waals surface area contributed by atoms with Crippen LogP contribution in [0.4, 0.5) is 0 Å². The zero-order valence-corrected chi connectivity index (χ0v) is 10.2. The maximum absolute atomic E-state index is 5.93. The molecular weight excluding hydrogens is 302 g/mol. The first-order chi connectivity index (χ1) is 6.19. The molecular formula is C8H10ClIN2O. The number of aromatic nitrogens is 2. The minimum absolute atomic E-state index is 0.0956. The maximum Gasteiger partial charge on any atom is 0.118 e. The van der Waals surface area contributed by atoms with Gasteiger partial charge in [0.2, 0.25) is 0 Å². The van der Waals surface area contributed by atoms with Crippen molar-refractivity contribution in [3.05, 3.63) is 14.9 Å². The van der Waals surface area contributed by atoms with Crippen molar-refractivity contribution in [2.75, 3.05) is 13.7 Å². The molecule has 0 N–H and O–H groups in total. The summed E-state index contributed by atoms with van der Waals surface area (Å²) < 4.78 is 8.17. The first kappa shape index (κ1) is 9.73. The van der Waals surface area contributed by atoms with Crippen LogP contribution in [0.15, 0.2) is 6.20 Å². The smallest absolute Gasteiger partial charge is 0.118 e. The molecule has 5 heteroatoms. The molecule has 1 aromatic heterocycles. The summed E-state index contributed by atoms with van der Waals surface area (Å²) in [5.41, 5.74) is 0.0956. The highest BCUT2D eigenvalue weighted by Crippen LogP contribution is 2.44. The predicted molar refractivity (Wildman–Crippen MR) is 59.0 cm³/mol. The van der Waals surface area contributed by atoms with Crippen LogP contribution in [-0.2, 0) is 10.3 Å². The van der Waals surface area contributed by atoms with E-state index in [-0.39, 0.29) is 5.54 Å². The second-order valence-electron chi connectivity index (χ2n) is 3.35. The van der Waals surface area contributed by atoms with Crippen molar-refractivity contribution in [1.29, 1.82) is 0 Å². The van der Waals surface area contributed by atoms with Crippen LogP contribution in [0.3, 0.4) is 0 Å². The van der Waals surface area contributed by atoms with Gasteiger partial charge in [-0.15, -0.1) is 0 Å². The fourth-order valence-corrected chi connectivity index (χ4v) is 2.37. The lowest BCUT2D eigenvalue weighted by Crippen LogP contribution is -2.25. The van der Waals surface area contributed by atoms with E-state index in [0.29, 0.717) is 0 Å². The Morgan fingerprint density at radius 3 is 2.85 bits per heavy atom. The molecule has 0 aromatic carbocycles. The van der Waals surface area contributed by atoms with Crippen molar-refractivity contribution >= 4 is 34.2 Å². The van der Waals surface area contributed by atoms with Crippen LogP contribution in [0.5, 0.6) is 0 Å². The third-order valence-electron chi connectivity index (χ3n) is 2.36. The Balaban J connectivity index is 2.30. The molecule has 1 aliphatic carbocycles. The lowest BCUT2D eigenvalue weighted by molar-refractivity contribution is 0.136. The summed E-state index contributed by atoms with van der Waals surface area (Å²) in [5.74, 6) is 0. The summed E-state index contributed by atoms with van der Waals surface area (Å²) in [6.45, 7) is 0.723. The number of hydrogen-bond acceptors (Lipinski definition) is 2. The van der Waals surface area contributed by atoms with E-state index in [1.54, 1.807) is 13.3 Å². The summed E-state index contributed by atoms with van der Waals surface area (Å²) in [7, 11) is 1.72. The minimum atomic E-state index is 0.0956. The summed E-state index contributed by atoms with van der Waals surface area (Å²) in [4.78, 5) is 0. The molecule has 13 heavy (non-hydrogen) atoms. The number of nitrogens with zero attached hydrogens (tertiary/aromatic N) is 2. The Kier molecular flexibility index (Phi) is 2.55. The molecule has 2 rings (SSSR count). The Morgan fingerprint density at radius 1 is 1.77 bits per heavy atom. The number of rotatable bonds is 3. The van der Waals surface area contributed by atoms with E-state index in [1.807, 2.05) is 4.68 Å². The van der Waals surface area contributed by atoms with Gasteiger partial charge in [-0.05, 0) is 35.4 Å². The molecule has 1 aliphatic rings. The molecule has 0 saturated heterocycles. The van der Waals surface area contributed by atoms with Gasteiger partial charge in [0.15, 0.2) is 0 Å². The van der Waals surface area contributed by atoms with Gasteiger partial charge in [-0.3, -0.25) is 0 Å². The second kappa shape index (κ2) is 3.40. The zero-order valence-electron chi connectivity index (χ0n) is 7.26. The highest BCUT2D eigenvalue weighted by Gasteiger charge is 2.46. The Bertz CT molecular complexity index is 322. The van der Waals surface area contributed by atoms with E-state index in [9.17, 15) is 0 Å². The van der Waals surface area contributed by atoms with Crippen molar-refractivity contribution in [2.45, 2.75) is 18.4 Å². The molecule has 1 saturated carbocycles. The highest BCUT2D eigenvalue weighted by molar-refractivity contribution is 14.1. The van der Waals surface area contributed by atoms with Crippen molar-refractivity contribution in [3.63, 3.8) is 0 Å². The standard InChI is InChI=1S/C8H10ClIN2O/c1-13-5-8(2-3-8)12-7(10)6(9)4-11-12/h4H,2-3,5H2,1H3. The van der Waals surface area contributed by atoms with Gasteiger partial charge in [-0.25, -0.2) is 4.68 Å². The maximum atomic E-state index is 5.93. The van der Waals surface area contributed by atoms with Crippen LogP contribution >= 0.6 is 34.2 Å². The van der Waals surface area contributed by atoms with E-state index < -0.39 is 0 Å². The van der Waals surface area contributed by atoms with Crippen LogP contribution in [-0.4, -0.2) is 23.5 Å². The van der Waals surface area contributed by atoms with Gasteiger partial charge in [-0.1, -0.05) is 11.6 Å². The largest absolute Gasteiger partial charge is 0.382 e. The molecule has 3 nitrogen and oxygen atoms in total. The lowest BCUT2D eigenvalue weighted by Gasteiger charge is -2.15. The fraction of sp³-hybridized carbons (Fsp3) is 0.625. The molecule has 0 bridgehead atoms. The van der Waals surface area contributed by atoms with Crippen LogP contribution in [0.2, 0.25) is 5.02 Å². The quantitative estimate of drug-likeness (QED) is 0.801. The molecule has 0 amide bonds. The van der Waals surface area contributed by atoms with Crippen molar-refractivity contribution < 1.29 is 4.74 Å². The van der Waals surface area contributed by atoms with Crippen molar-refractivity contribution in [2.24, 2.45) is 0 Å². The molecule has 0 spiro atoms. The summed E-state index contributed by atoms with van der Waals surface area (Å²) in [6.07, 6.45) is 3.96. The van der Waals surface area contributed by atoms with E-state index in [1.165, 1.54) is 0 Å². The van der Waals surface area contributed by atoms with Crippen LogP contribution < -0.4 is 0 Å². The molecule has 1 heterocycles. The van der Waals surface area contributed by atoms with Crippen LogP contribution in [0, 0.1) is 3.70 Å². The average molecular weight is 313 g/mol. The molecule has 1 aromatic rings. The van der Waals surface area contributed by atoms with E-state index >= 15 is 0 Å². The topological polar surface area (TPSA) is 27.1 Å². The minimum Gasteiger partial charge on any atom is -0.382 e. The zero-order chi connectivity index (χ0) is 9.47. The third-order valence-corrected chi connectivity index (χ3v) is 3.99. The molecule has 0 radical (unpaired) electrons. The predicted octanol–water partition coefficient (Wildman–Crippen LogP) is 2.28. The van der Waals surface area contributed by atoms with Crippen LogP contribution in [0.1, 0.15) is 12.8 Å². The van der Waals surface area contributed by atoms with Gasteiger partial charge in [0, 0.05) is 7.11 Å². The fourth-order valence-electron chi connectivity index (χ4n) is 1.47. The van der Waals surface area contributed by atoms with Gasteiger partial charge < -0.3 is 4.74 Å². The Morgan fingerprint density at radius 2 is 2.46 bits per heavy atom. The van der Waals surface area contributed by atoms with Crippen molar-refractivity contribution in [3.8, 4) is 0 Å². The normalized spacial score (nSPS) is 19.0. The summed E-state index contributed by atoms with van der Waals surface area (Å²) in [6, 6.07) is 0. The van der Waals surface area contributed by atoms with E-state index in [4.69, 9.17) is 16.3 Å². The van der Waals surface area contributed by atoms with Gasteiger partial charge in [0.1, 0.15) is 3.70 Å². The van der Waals surface area contributed by atoms with Gasteiger partial charge in [0.25, 0.3) is 0 Å². The van der Waals surface area contributed by atoms with E-state index in [0.717, 1.165) is 28.2 Å². The van der Waals surface area contributed by atoms with Crippen molar-refractivity contribution in [1.82, 2.24) is 9.78 Å². The first-order valence-corrected chi connectivity index (χ1v) is 5.54. The number of hydrogen-bond donors (Lipinski definition) is 0. The number of ether oxygens (including phenoxy) is 1. The molecule has 0 atom stereocenters. The van der Waals surface area contributed by atoms with Gasteiger partial charge >= 0.3 is 0 Å². The summed E-state index contributed by atoms with van der Waals surface area (Å²) >= 11 is 8.15.